The number of carbonyl (C=O) groups excluding carboxylic acids is 1. The van der Waals surface area contributed by atoms with E-state index >= 15 is 0 Å². The number of benzene rings is 1. The van der Waals surface area contributed by atoms with E-state index in [0.29, 0.717) is 24.5 Å². The molecule has 1 aliphatic heterocycles. The lowest BCUT2D eigenvalue weighted by Crippen LogP contribution is -2.53. The fourth-order valence-corrected chi connectivity index (χ4v) is 4.41. The van der Waals surface area contributed by atoms with Crippen LogP contribution in [0.3, 0.4) is 0 Å². The molecular weight excluding hydrogens is 334 g/mol. The van der Waals surface area contributed by atoms with Crippen LogP contribution in [0.1, 0.15) is 41.6 Å². The van der Waals surface area contributed by atoms with Gasteiger partial charge in [-0.15, -0.1) is 0 Å². The number of fused-ring (bicyclic) bond motifs is 1. The number of hydrogen-bond donors (Lipinski definition) is 1. The van der Waals surface area contributed by atoms with Gasteiger partial charge in [-0.25, -0.2) is 0 Å². The number of aliphatic hydroxyl groups excluding tert-OH is 1. The Hall–Kier alpha value is -1.63. The molecule has 1 aliphatic carbocycles. The zero-order valence-corrected chi connectivity index (χ0v) is 15.9. The van der Waals surface area contributed by atoms with E-state index in [4.69, 9.17) is 19.3 Å². The van der Waals surface area contributed by atoms with Crippen LogP contribution in [-0.2, 0) is 9.47 Å². The van der Waals surface area contributed by atoms with Crippen LogP contribution < -0.4 is 4.74 Å². The number of aliphatic hydroxyl groups is 1. The minimum atomic E-state index is -0.299. The maximum absolute atomic E-state index is 13.3. The summed E-state index contributed by atoms with van der Waals surface area (Å²) in [6.07, 6.45) is 3.36. The maximum Gasteiger partial charge on any atom is 0.257 e. The molecule has 1 saturated carbocycles. The lowest BCUT2D eigenvalue weighted by atomic mass is 9.79. The van der Waals surface area contributed by atoms with Gasteiger partial charge in [-0.05, 0) is 50.3 Å². The van der Waals surface area contributed by atoms with E-state index < -0.39 is 0 Å². The molecule has 1 N–H and O–H groups in total. The molecule has 3 atom stereocenters. The van der Waals surface area contributed by atoms with Gasteiger partial charge in [0.1, 0.15) is 5.75 Å². The number of methoxy groups -OCH3 is 2. The highest BCUT2D eigenvalue weighted by atomic mass is 16.5. The molecule has 1 amide bonds. The van der Waals surface area contributed by atoms with Crippen LogP contribution in [-0.4, -0.2) is 67.6 Å². The normalized spacial score (nSPS) is 28.1. The quantitative estimate of drug-likeness (QED) is 0.839. The van der Waals surface area contributed by atoms with Crippen molar-refractivity contribution in [3.8, 4) is 5.75 Å². The molecule has 26 heavy (non-hydrogen) atoms. The van der Waals surface area contributed by atoms with Gasteiger partial charge in [0.15, 0.2) is 0 Å². The highest BCUT2D eigenvalue weighted by molar-refractivity contribution is 5.97. The third kappa shape index (κ3) is 3.46. The number of nitrogens with zero attached hydrogens (tertiary/aromatic N) is 1. The second-order valence-electron chi connectivity index (χ2n) is 7.23. The molecule has 6 nitrogen and oxygen atoms in total. The van der Waals surface area contributed by atoms with Gasteiger partial charge in [0.25, 0.3) is 5.91 Å². The van der Waals surface area contributed by atoms with E-state index in [1.807, 2.05) is 30.0 Å². The van der Waals surface area contributed by atoms with Gasteiger partial charge >= 0.3 is 0 Å². The third-order valence-corrected chi connectivity index (χ3v) is 5.83. The molecule has 6 heteroatoms. The number of hydrogen-bond acceptors (Lipinski definition) is 5. The molecule has 1 aromatic carbocycles. The Kier molecular flexibility index (Phi) is 5.85. The summed E-state index contributed by atoms with van der Waals surface area (Å²) in [7, 11) is 3.33. The van der Waals surface area contributed by atoms with Crippen LogP contribution in [0.5, 0.6) is 5.75 Å². The van der Waals surface area contributed by atoms with Crippen LogP contribution in [0, 0.1) is 6.92 Å². The molecule has 0 bridgehead atoms. The zero-order valence-electron chi connectivity index (χ0n) is 15.9. The van der Waals surface area contributed by atoms with Crippen molar-refractivity contribution in [2.75, 3.05) is 34.0 Å². The van der Waals surface area contributed by atoms with Gasteiger partial charge in [0.05, 0.1) is 43.6 Å². The molecule has 3 rings (SSSR count). The fraction of sp³-hybridized carbons (Fsp3) is 0.650. The Morgan fingerprint density at radius 1 is 1.35 bits per heavy atom. The van der Waals surface area contributed by atoms with E-state index in [0.717, 1.165) is 31.2 Å². The monoisotopic (exact) mass is 363 g/mol. The van der Waals surface area contributed by atoms with Crippen LogP contribution >= 0.6 is 0 Å². The molecule has 1 aromatic rings. The predicted octanol–water partition coefficient (Wildman–Crippen LogP) is 2.16. The molecule has 0 radical (unpaired) electrons. The standard InChI is InChI=1S/C20H29NO5/c1-14-4-5-16(17(12-14)24-2)19(23)21-9-8-20(25-3)7-6-15(13-18(20)21)26-11-10-22/h4-5,12,15,18,22H,6-11,13H2,1-3H3/t15-,18-,20+/m0/s1. The number of ether oxygens (including phenoxy) is 3. The minimum absolute atomic E-state index is 0.0137. The van der Waals surface area contributed by atoms with Crippen molar-refractivity contribution in [1.29, 1.82) is 0 Å². The third-order valence-electron chi connectivity index (χ3n) is 5.83. The van der Waals surface area contributed by atoms with Crippen LogP contribution in [0.4, 0.5) is 0 Å². The SMILES string of the molecule is COc1cc(C)ccc1C(=O)N1CC[C@]2(OC)CC[C@H](OCCO)C[C@H]12. The lowest BCUT2D eigenvalue weighted by molar-refractivity contribution is -0.0992. The Bertz CT molecular complexity index is 649. The Morgan fingerprint density at radius 3 is 2.85 bits per heavy atom. The van der Waals surface area contributed by atoms with Crippen molar-refractivity contribution >= 4 is 5.91 Å². The number of rotatable bonds is 6. The van der Waals surface area contributed by atoms with Crippen molar-refractivity contribution in [3.05, 3.63) is 29.3 Å². The van der Waals surface area contributed by atoms with Crippen molar-refractivity contribution in [1.82, 2.24) is 4.90 Å². The van der Waals surface area contributed by atoms with Gasteiger partial charge < -0.3 is 24.2 Å². The highest BCUT2D eigenvalue weighted by Gasteiger charge is 2.53. The van der Waals surface area contributed by atoms with Crippen LogP contribution in [0.15, 0.2) is 18.2 Å². The van der Waals surface area contributed by atoms with Crippen molar-refractivity contribution in [2.45, 2.75) is 50.4 Å². The first kappa shape index (κ1) is 19.1. The van der Waals surface area contributed by atoms with Gasteiger partial charge in [-0.2, -0.15) is 0 Å². The van der Waals surface area contributed by atoms with E-state index in [-0.39, 0.29) is 30.3 Å². The number of amides is 1. The van der Waals surface area contributed by atoms with Crippen LogP contribution in [0.25, 0.3) is 0 Å². The van der Waals surface area contributed by atoms with E-state index in [2.05, 4.69) is 0 Å². The predicted molar refractivity (Wildman–Crippen MR) is 97.6 cm³/mol. The number of likely N-dealkylation sites (tertiary alicyclic amines) is 1. The van der Waals surface area contributed by atoms with Crippen LogP contribution in [0.2, 0.25) is 0 Å². The Balaban J connectivity index is 1.84. The largest absolute Gasteiger partial charge is 0.496 e. The smallest absolute Gasteiger partial charge is 0.257 e. The molecule has 1 saturated heterocycles. The molecule has 0 aromatic heterocycles. The van der Waals surface area contributed by atoms with Crippen molar-refractivity contribution in [3.63, 3.8) is 0 Å². The van der Waals surface area contributed by atoms with Crippen molar-refractivity contribution in [2.24, 2.45) is 0 Å². The number of carbonyl (C=O) groups is 1. The molecule has 2 aliphatic rings. The van der Waals surface area contributed by atoms with Gasteiger partial charge in [-0.3, -0.25) is 4.79 Å². The number of aryl methyl sites for hydroxylation is 1. The molecule has 0 spiro atoms. The second kappa shape index (κ2) is 7.94. The first-order valence-electron chi connectivity index (χ1n) is 9.28. The molecule has 1 heterocycles. The summed E-state index contributed by atoms with van der Waals surface area (Å²) in [5.74, 6) is 0.586. The summed E-state index contributed by atoms with van der Waals surface area (Å²) >= 11 is 0. The first-order chi connectivity index (χ1) is 12.5. The summed E-state index contributed by atoms with van der Waals surface area (Å²) < 4.78 is 17.1. The molecular formula is C20H29NO5. The Morgan fingerprint density at radius 2 is 2.15 bits per heavy atom. The topological polar surface area (TPSA) is 68.2 Å². The summed E-state index contributed by atoms with van der Waals surface area (Å²) in [5.41, 5.74) is 1.34. The molecule has 2 fully saturated rings. The Labute approximate surface area is 155 Å². The van der Waals surface area contributed by atoms with E-state index in [9.17, 15) is 4.79 Å². The first-order valence-corrected chi connectivity index (χ1v) is 9.28. The summed E-state index contributed by atoms with van der Waals surface area (Å²) in [6, 6.07) is 5.64. The fourth-order valence-electron chi connectivity index (χ4n) is 4.41. The summed E-state index contributed by atoms with van der Waals surface area (Å²) in [4.78, 5) is 15.2. The maximum atomic E-state index is 13.3. The van der Waals surface area contributed by atoms with Gasteiger partial charge in [0, 0.05) is 13.7 Å². The molecule has 0 unspecified atom stereocenters. The van der Waals surface area contributed by atoms with Gasteiger partial charge in [0.2, 0.25) is 0 Å². The lowest BCUT2D eigenvalue weighted by Gasteiger charge is -2.43. The second-order valence-corrected chi connectivity index (χ2v) is 7.23. The van der Waals surface area contributed by atoms with Crippen molar-refractivity contribution < 1.29 is 24.1 Å². The summed E-state index contributed by atoms with van der Waals surface area (Å²) in [5, 5.41) is 9.02. The van der Waals surface area contributed by atoms with E-state index in [1.54, 1.807) is 14.2 Å². The summed E-state index contributed by atoms with van der Waals surface area (Å²) in [6.45, 7) is 2.99. The highest BCUT2D eigenvalue weighted by Crippen LogP contribution is 2.44. The molecule has 144 valence electrons. The average molecular weight is 363 g/mol. The average Bonchev–Trinajstić information content (AvgIpc) is 3.05. The van der Waals surface area contributed by atoms with Gasteiger partial charge in [-0.1, -0.05) is 6.07 Å². The minimum Gasteiger partial charge on any atom is -0.496 e. The van der Waals surface area contributed by atoms with E-state index in [1.165, 1.54) is 0 Å². The zero-order chi connectivity index (χ0) is 18.7.